The molecule has 6 heteroatoms. The monoisotopic (exact) mass is 338 g/mol. The van der Waals surface area contributed by atoms with Crippen LogP contribution in [-0.4, -0.2) is 4.98 Å². The van der Waals surface area contributed by atoms with Crippen molar-refractivity contribution >= 4 is 51.4 Å². The van der Waals surface area contributed by atoms with Crippen molar-refractivity contribution < 1.29 is 4.74 Å². The molecule has 2 N–H and O–H groups in total. The van der Waals surface area contributed by atoms with Crippen LogP contribution in [0.5, 0.6) is 11.5 Å². The summed E-state index contributed by atoms with van der Waals surface area (Å²) < 4.78 is 5.85. The first-order chi connectivity index (χ1) is 10.1. The summed E-state index contributed by atoms with van der Waals surface area (Å²) in [7, 11) is 0. The summed E-state index contributed by atoms with van der Waals surface area (Å²) >= 11 is 18.0. The first-order valence-electron chi connectivity index (χ1n) is 6.02. The van der Waals surface area contributed by atoms with Crippen LogP contribution >= 0.6 is 34.8 Å². The Morgan fingerprint density at radius 2 is 1.67 bits per heavy atom. The molecule has 0 aliphatic carbocycles. The Morgan fingerprint density at radius 1 is 0.952 bits per heavy atom. The normalized spacial score (nSPS) is 10.8. The molecule has 0 saturated heterocycles. The second-order valence-corrected chi connectivity index (χ2v) is 5.58. The third-order valence-electron chi connectivity index (χ3n) is 2.94. The van der Waals surface area contributed by atoms with Crippen LogP contribution in [0.25, 0.3) is 10.9 Å². The number of rotatable bonds is 2. The Balaban J connectivity index is 2.14. The molecule has 2 aromatic carbocycles. The van der Waals surface area contributed by atoms with Gasteiger partial charge in [0.25, 0.3) is 0 Å². The Labute approximate surface area is 136 Å². The number of hydrogen-bond donors (Lipinski definition) is 1. The number of nitrogens with two attached hydrogens (primary N) is 1. The van der Waals surface area contributed by atoms with E-state index in [0.29, 0.717) is 32.3 Å². The van der Waals surface area contributed by atoms with E-state index in [-0.39, 0.29) is 0 Å². The first-order valence-corrected chi connectivity index (χ1v) is 7.15. The Kier molecular flexibility index (Phi) is 3.81. The van der Waals surface area contributed by atoms with Crippen LogP contribution < -0.4 is 10.5 Å². The van der Waals surface area contributed by atoms with Gasteiger partial charge >= 0.3 is 0 Å². The van der Waals surface area contributed by atoms with E-state index in [0.717, 1.165) is 10.9 Å². The Morgan fingerprint density at radius 3 is 2.48 bits per heavy atom. The minimum atomic E-state index is 0.352. The molecule has 0 aliphatic heterocycles. The Hall–Kier alpha value is -1.68. The molecule has 0 aliphatic rings. The van der Waals surface area contributed by atoms with E-state index in [1.165, 1.54) is 6.07 Å². The van der Waals surface area contributed by atoms with Gasteiger partial charge in [-0.1, -0.05) is 46.9 Å². The minimum Gasteiger partial charge on any atom is -0.453 e. The standard InChI is InChI=1S/C15H9Cl3N2O/c16-9-5-11(18)14(6-10(9)17)21-15-8-3-1-2-4-13(8)20-7-12(15)19/h1-7H,19H2. The average Bonchev–Trinajstić information content (AvgIpc) is 2.47. The number of fused-ring (bicyclic) bond motifs is 1. The lowest BCUT2D eigenvalue weighted by atomic mass is 10.2. The molecular formula is C15H9Cl3N2O. The van der Waals surface area contributed by atoms with Crippen molar-refractivity contribution in [2.45, 2.75) is 0 Å². The number of halogens is 3. The summed E-state index contributed by atoms with van der Waals surface area (Å²) in [6.07, 6.45) is 1.54. The van der Waals surface area contributed by atoms with Gasteiger partial charge in [0.15, 0.2) is 5.75 Å². The molecule has 0 saturated carbocycles. The van der Waals surface area contributed by atoms with Crippen molar-refractivity contribution in [3.8, 4) is 11.5 Å². The minimum absolute atomic E-state index is 0.352. The molecule has 0 radical (unpaired) electrons. The number of nitrogen functional groups attached to an aromatic ring is 1. The molecule has 0 spiro atoms. The van der Waals surface area contributed by atoms with Crippen LogP contribution in [-0.2, 0) is 0 Å². The van der Waals surface area contributed by atoms with Gasteiger partial charge in [0.2, 0.25) is 0 Å². The SMILES string of the molecule is Nc1cnc2ccccc2c1Oc1cc(Cl)c(Cl)cc1Cl. The molecule has 0 atom stereocenters. The molecular weight excluding hydrogens is 331 g/mol. The number of pyridine rings is 1. The van der Waals surface area contributed by atoms with Gasteiger partial charge in [-0.25, -0.2) is 0 Å². The number of para-hydroxylation sites is 1. The molecule has 0 amide bonds. The zero-order valence-corrected chi connectivity index (χ0v) is 12.9. The fourth-order valence-electron chi connectivity index (χ4n) is 1.94. The van der Waals surface area contributed by atoms with Gasteiger partial charge < -0.3 is 10.5 Å². The van der Waals surface area contributed by atoms with Gasteiger partial charge in [-0.15, -0.1) is 0 Å². The Bertz CT molecular complexity index is 837. The van der Waals surface area contributed by atoms with Crippen molar-refractivity contribution in [1.82, 2.24) is 4.98 Å². The van der Waals surface area contributed by atoms with Gasteiger partial charge in [0.1, 0.15) is 5.75 Å². The van der Waals surface area contributed by atoms with E-state index in [9.17, 15) is 0 Å². The van der Waals surface area contributed by atoms with Crippen molar-refractivity contribution in [2.75, 3.05) is 5.73 Å². The van der Waals surface area contributed by atoms with Crippen molar-refractivity contribution in [3.63, 3.8) is 0 Å². The summed E-state index contributed by atoms with van der Waals surface area (Å²) in [6.45, 7) is 0. The second kappa shape index (κ2) is 5.60. The lowest BCUT2D eigenvalue weighted by Gasteiger charge is -2.13. The van der Waals surface area contributed by atoms with Crippen LogP contribution in [0.3, 0.4) is 0 Å². The maximum absolute atomic E-state index is 6.13. The van der Waals surface area contributed by atoms with Gasteiger partial charge in [0, 0.05) is 11.5 Å². The number of aromatic nitrogens is 1. The van der Waals surface area contributed by atoms with Crippen molar-refractivity contribution in [3.05, 3.63) is 57.7 Å². The van der Waals surface area contributed by atoms with Crippen LogP contribution in [0, 0.1) is 0 Å². The summed E-state index contributed by atoms with van der Waals surface area (Å²) in [5.74, 6) is 0.870. The predicted molar refractivity (Wildman–Crippen MR) is 87.7 cm³/mol. The molecule has 0 bridgehead atoms. The lowest BCUT2D eigenvalue weighted by molar-refractivity contribution is 0.490. The highest BCUT2D eigenvalue weighted by atomic mass is 35.5. The maximum Gasteiger partial charge on any atom is 0.161 e. The van der Waals surface area contributed by atoms with Crippen LogP contribution in [0.15, 0.2) is 42.6 Å². The van der Waals surface area contributed by atoms with E-state index in [1.807, 2.05) is 24.3 Å². The highest BCUT2D eigenvalue weighted by Crippen LogP contribution is 2.40. The van der Waals surface area contributed by atoms with E-state index in [4.69, 9.17) is 45.3 Å². The zero-order valence-electron chi connectivity index (χ0n) is 10.6. The molecule has 3 rings (SSSR count). The maximum atomic E-state index is 6.13. The van der Waals surface area contributed by atoms with E-state index >= 15 is 0 Å². The average molecular weight is 340 g/mol. The summed E-state index contributed by atoms with van der Waals surface area (Å²) in [5, 5.41) is 1.86. The van der Waals surface area contributed by atoms with Crippen LogP contribution in [0.2, 0.25) is 15.1 Å². The molecule has 106 valence electrons. The molecule has 21 heavy (non-hydrogen) atoms. The van der Waals surface area contributed by atoms with Gasteiger partial charge in [-0.3, -0.25) is 4.98 Å². The third-order valence-corrected chi connectivity index (χ3v) is 3.96. The summed E-state index contributed by atoms with van der Waals surface area (Å²) in [6, 6.07) is 10.6. The number of benzene rings is 2. The fourth-order valence-corrected chi connectivity index (χ4v) is 2.51. The number of anilines is 1. The highest BCUT2D eigenvalue weighted by molar-refractivity contribution is 6.43. The van der Waals surface area contributed by atoms with Gasteiger partial charge in [-0.2, -0.15) is 0 Å². The van der Waals surface area contributed by atoms with E-state index < -0.39 is 0 Å². The van der Waals surface area contributed by atoms with Gasteiger partial charge in [0.05, 0.1) is 32.5 Å². The highest BCUT2D eigenvalue weighted by Gasteiger charge is 2.13. The fraction of sp³-hybridized carbons (Fsp3) is 0. The predicted octanol–water partition coefficient (Wildman–Crippen LogP) is 5.57. The van der Waals surface area contributed by atoms with Crippen LogP contribution in [0.4, 0.5) is 5.69 Å². The molecule has 0 unspecified atom stereocenters. The molecule has 1 aromatic heterocycles. The summed E-state index contributed by atoms with van der Waals surface area (Å²) in [4.78, 5) is 4.25. The number of ether oxygens (including phenoxy) is 1. The molecule has 0 fully saturated rings. The second-order valence-electron chi connectivity index (χ2n) is 4.36. The quantitative estimate of drug-likeness (QED) is 0.621. The third kappa shape index (κ3) is 2.72. The lowest BCUT2D eigenvalue weighted by Crippen LogP contribution is -1.95. The van der Waals surface area contributed by atoms with E-state index in [1.54, 1.807) is 12.3 Å². The van der Waals surface area contributed by atoms with E-state index in [2.05, 4.69) is 4.98 Å². The number of hydrogen-bond acceptors (Lipinski definition) is 3. The topological polar surface area (TPSA) is 48.1 Å². The summed E-state index contributed by atoms with van der Waals surface area (Å²) in [5.41, 5.74) is 7.15. The zero-order chi connectivity index (χ0) is 15.0. The molecule has 1 heterocycles. The number of nitrogens with zero attached hydrogens (tertiary/aromatic N) is 1. The van der Waals surface area contributed by atoms with Gasteiger partial charge in [-0.05, 0) is 18.2 Å². The largest absolute Gasteiger partial charge is 0.453 e. The molecule has 3 nitrogen and oxygen atoms in total. The molecule has 3 aromatic rings. The smallest absolute Gasteiger partial charge is 0.161 e. The van der Waals surface area contributed by atoms with Crippen molar-refractivity contribution in [2.24, 2.45) is 0 Å². The van der Waals surface area contributed by atoms with Crippen LogP contribution in [0.1, 0.15) is 0 Å². The first kappa shape index (κ1) is 14.3. The van der Waals surface area contributed by atoms with Crippen molar-refractivity contribution in [1.29, 1.82) is 0 Å².